The molecule has 2 rings (SSSR count). The number of sulfonamides is 1. The molecule has 0 aromatic carbocycles. The van der Waals surface area contributed by atoms with Gasteiger partial charge in [-0.25, -0.2) is 12.7 Å². The van der Waals surface area contributed by atoms with Crippen LogP contribution in [0.1, 0.15) is 19.3 Å². The second-order valence-electron chi connectivity index (χ2n) is 4.71. The molecular weight excluding hydrogens is 200 g/mol. The summed E-state index contributed by atoms with van der Waals surface area (Å²) in [4.78, 5) is 0. The minimum Gasteiger partial charge on any atom is -0.330 e. The first kappa shape index (κ1) is 10.4. The van der Waals surface area contributed by atoms with Gasteiger partial charge in [0, 0.05) is 18.5 Å². The van der Waals surface area contributed by atoms with E-state index in [2.05, 4.69) is 0 Å². The van der Waals surface area contributed by atoms with E-state index in [0.29, 0.717) is 25.6 Å². The van der Waals surface area contributed by atoms with Gasteiger partial charge in [-0.15, -0.1) is 0 Å². The van der Waals surface area contributed by atoms with Crippen LogP contribution in [0.5, 0.6) is 0 Å². The van der Waals surface area contributed by atoms with Crippen molar-refractivity contribution < 1.29 is 8.42 Å². The molecule has 1 saturated heterocycles. The van der Waals surface area contributed by atoms with Crippen LogP contribution in [0.3, 0.4) is 0 Å². The highest BCUT2D eigenvalue weighted by molar-refractivity contribution is 7.88. The maximum Gasteiger partial charge on any atom is 0.211 e. The van der Waals surface area contributed by atoms with Crippen molar-refractivity contribution in [3.05, 3.63) is 0 Å². The van der Waals surface area contributed by atoms with E-state index in [0.717, 1.165) is 12.8 Å². The van der Waals surface area contributed by atoms with Crippen molar-refractivity contribution in [3.8, 4) is 0 Å². The Balaban J connectivity index is 2.21. The molecular formula is C9H18N2O2S. The van der Waals surface area contributed by atoms with E-state index in [1.165, 1.54) is 12.7 Å². The van der Waals surface area contributed by atoms with E-state index < -0.39 is 10.0 Å². The quantitative estimate of drug-likeness (QED) is 0.710. The average molecular weight is 218 g/mol. The minimum absolute atomic E-state index is 0.100. The van der Waals surface area contributed by atoms with Crippen LogP contribution >= 0.6 is 0 Å². The largest absolute Gasteiger partial charge is 0.330 e. The van der Waals surface area contributed by atoms with Gasteiger partial charge >= 0.3 is 0 Å². The third-order valence-electron chi connectivity index (χ3n) is 3.88. The Kier molecular flexibility index (Phi) is 2.36. The molecule has 4 nitrogen and oxygen atoms in total. The van der Waals surface area contributed by atoms with E-state index in [4.69, 9.17) is 5.73 Å². The van der Waals surface area contributed by atoms with Crippen molar-refractivity contribution in [1.82, 2.24) is 4.31 Å². The fourth-order valence-electron chi connectivity index (χ4n) is 2.95. The molecule has 82 valence electrons. The lowest BCUT2D eigenvalue weighted by Gasteiger charge is -2.26. The molecule has 0 aromatic heterocycles. The van der Waals surface area contributed by atoms with Crippen LogP contribution < -0.4 is 5.73 Å². The van der Waals surface area contributed by atoms with Crippen molar-refractivity contribution in [2.24, 2.45) is 17.1 Å². The van der Waals surface area contributed by atoms with E-state index in [9.17, 15) is 8.42 Å². The molecule has 0 spiro atoms. The van der Waals surface area contributed by atoms with Crippen LogP contribution in [0.2, 0.25) is 0 Å². The van der Waals surface area contributed by atoms with E-state index >= 15 is 0 Å². The molecule has 1 aliphatic heterocycles. The first-order chi connectivity index (χ1) is 6.48. The van der Waals surface area contributed by atoms with Crippen molar-refractivity contribution in [2.75, 3.05) is 25.9 Å². The van der Waals surface area contributed by atoms with E-state index in [-0.39, 0.29) is 5.41 Å². The normalized spacial score (nSPS) is 38.9. The summed E-state index contributed by atoms with van der Waals surface area (Å²) in [5.74, 6) is 0.502. The van der Waals surface area contributed by atoms with Crippen LogP contribution in [0, 0.1) is 11.3 Å². The predicted molar refractivity (Wildman–Crippen MR) is 55.2 cm³/mol. The Bertz CT molecular complexity index is 328. The first-order valence-electron chi connectivity index (χ1n) is 5.13. The molecule has 14 heavy (non-hydrogen) atoms. The molecule has 2 atom stereocenters. The summed E-state index contributed by atoms with van der Waals surface area (Å²) in [6.07, 6.45) is 4.74. The van der Waals surface area contributed by atoms with Gasteiger partial charge in [0.05, 0.1) is 6.26 Å². The van der Waals surface area contributed by atoms with E-state index in [1.807, 2.05) is 0 Å². The SMILES string of the molecule is CS(=O)(=O)N1CC2CCCC2(CN)C1. The lowest BCUT2D eigenvalue weighted by atomic mass is 9.81. The molecule has 0 amide bonds. The number of fused-ring (bicyclic) bond motifs is 1. The minimum atomic E-state index is -3.02. The Hall–Kier alpha value is -0.130. The maximum absolute atomic E-state index is 11.4. The highest BCUT2D eigenvalue weighted by Gasteiger charge is 2.50. The van der Waals surface area contributed by atoms with Crippen molar-refractivity contribution in [1.29, 1.82) is 0 Å². The zero-order valence-electron chi connectivity index (χ0n) is 8.57. The second kappa shape index (κ2) is 3.18. The molecule has 2 unspecified atom stereocenters. The zero-order valence-corrected chi connectivity index (χ0v) is 9.39. The van der Waals surface area contributed by atoms with Gasteiger partial charge in [0.2, 0.25) is 10.0 Å². The third-order valence-corrected chi connectivity index (χ3v) is 5.10. The fraction of sp³-hybridized carbons (Fsp3) is 1.00. The van der Waals surface area contributed by atoms with Gasteiger partial charge < -0.3 is 5.73 Å². The maximum atomic E-state index is 11.4. The Labute approximate surface area is 85.5 Å². The van der Waals surface area contributed by atoms with Crippen molar-refractivity contribution in [2.45, 2.75) is 19.3 Å². The van der Waals surface area contributed by atoms with Crippen molar-refractivity contribution in [3.63, 3.8) is 0 Å². The highest BCUT2D eigenvalue weighted by Crippen LogP contribution is 2.48. The smallest absolute Gasteiger partial charge is 0.211 e. The standard InChI is InChI=1S/C9H18N2O2S/c1-14(12,13)11-5-8-3-2-4-9(8,6-10)7-11/h8H,2-7,10H2,1H3. The Morgan fingerprint density at radius 3 is 2.79 bits per heavy atom. The molecule has 5 heteroatoms. The average Bonchev–Trinajstić information content (AvgIpc) is 2.56. The van der Waals surface area contributed by atoms with Gasteiger partial charge in [-0.2, -0.15) is 0 Å². The summed E-state index contributed by atoms with van der Waals surface area (Å²) in [7, 11) is -3.02. The molecule has 2 N–H and O–H groups in total. The Morgan fingerprint density at radius 2 is 2.29 bits per heavy atom. The zero-order chi connectivity index (χ0) is 10.4. The number of hydrogen-bond donors (Lipinski definition) is 1. The summed E-state index contributed by atoms with van der Waals surface area (Å²) < 4.78 is 24.4. The summed E-state index contributed by atoms with van der Waals surface area (Å²) in [6.45, 7) is 1.97. The lowest BCUT2D eigenvalue weighted by molar-refractivity contribution is 0.274. The first-order valence-corrected chi connectivity index (χ1v) is 6.98. The fourth-order valence-corrected chi connectivity index (χ4v) is 3.89. The van der Waals surface area contributed by atoms with Gasteiger partial charge in [0.25, 0.3) is 0 Å². The van der Waals surface area contributed by atoms with E-state index in [1.54, 1.807) is 4.31 Å². The second-order valence-corrected chi connectivity index (χ2v) is 6.69. The van der Waals surface area contributed by atoms with Crippen LogP contribution in [-0.2, 0) is 10.0 Å². The summed E-state index contributed by atoms with van der Waals surface area (Å²) in [5.41, 5.74) is 5.89. The highest BCUT2D eigenvalue weighted by atomic mass is 32.2. The summed E-state index contributed by atoms with van der Waals surface area (Å²) in [6, 6.07) is 0. The molecule has 1 saturated carbocycles. The summed E-state index contributed by atoms with van der Waals surface area (Å²) in [5, 5.41) is 0. The predicted octanol–water partition coefficient (Wildman–Crippen LogP) is 0.00680. The number of nitrogens with two attached hydrogens (primary N) is 1. The van der Waals surface area contributed by atoms with Crippen LogP contribution in [0.4, 0.5) is 0 Å². The third kappa shape index (κ3) is 1.47. The van der Waals surface area contributed by atoms with Gasteiger partial charge in [-0.1, -0.05) is 6.42 Å². The molecule has 0 bridgehead atoms. The van der Waals surface area contributed by atoms with Gasteiger partial charge in [0.1, 0.15) is 0 Å². The van der Waals surface area contributed by atoms with Gasteiger partial charge in [-0.3, -0.25) is 0 Å². The molecule has 2 aliphatic rings. The van der Waals surface area contributed by atoms with Crippen molar-refractivity contribution >= 4 is 10.0 Å². The molecule has 0 aromatic rings. The van der Waals surface area contributed by atoms with Gasteiger partial charge in [-0.05, 0) is 25.3 Å². The molecule has 1 heterocycles. The Morgan fingerprint density at radius 1 is 1.57 bits per heavy atom. The van der Waals surface area contributed by atoms with Crippen LogP contribution in [0.15, 0.2) is 0 Å². The molecule has 0 radical (unpaired) electrons. The number of rotatable bonds is 2. The molecule has 1 aliphatic carbocycles. The topological polar surface area (TPSA) is 63.4 Å². The number of nitrogens with zero attached hydrogens (tertiary/aromatic N) is 1. The van der Waals surface area contributed by atoms with Gasteiger partial charge in [0.15, 0.2) is 0 Å². The number of hydrogen-bond acceptors (Lipinski definition) is 3. The lowest BCUT2D eigenvalue weighted by Crippen LogP contribution is -2.36. The van der Waals surface area contributed by atoms with Crippen LogP contribution in [-0.4, -0.2) is 38.6 Å². The monoisotopic (exact) mass is 218 g/mol. The van der Waals surface area contributed by atoms with Crippen LogP contribution in [0.25, 0.3) is 0 Å². The summed E-state index contributed by atoms with van der Waals surface area (Å²) >= 11 is 0. The molecule has 2 fully saturated rings.